The number of para-hydroxylation sites is 2. The van der Waals surface area contributed by atoms with E-state index < -0.39 is 0 Å². The molecule has 0 aliphatic carbocycles. The Morgan fingerprint density at radius 2 is 1.69 bits per heavy atom. The molecule has 1 N–H and O–H groups in total. The summed E-state index contributed by atoms with van der Waals surface area (Å²) in [7, 11) is 3.10. The van der Waals surface area contributed by atoms with E-state index in [2.05, 4.69) is 5.32 Å². The molecule has 2 heterocycles. The van der Waals surface area contributed by atoms with Gasteiger partial charge in [0.25, 0.3) is 5.91 Å². The highest BCUT2D eigenvalue weighted by molar-refractivity contribution is 5.95. The molecule has 8 nitrogen and oxygen atoms in total. The average molecular weight is 440 g/mol. The highest BCUT2D eigenvalue weighted by Gasteiger charge is 2.29. The fourth-order valence-electron chi connectivity index (χ4n) is 3.98. The van der Waals surface area contributed by atoms with Crippen molar-refractivity contribution in [2.24, 2.45) is 5.92 Å². The molecule has 2 amide bonds. The van der Waals surface area contributed by atoms with Gasteiger partial charge in [0, 0.05) is 30.6 Å². The van der Waals surface area contributed by atoms with E-state index in [4.69, 9.17) is 18.9 Å². The average Bonchev–Trinajstić information content (AvgIpc) is 2.86. The number of hydrogen-bond acceptors (Lipinski definition) is 6. The van der Waals surface area contributed by atoms with Crippen molar-refractivity contribution >= 4 is 11.8 Å². The van der Waals surface area contributed by atoms with Gasteiger partial charge in [-0.3, -0.25) is 9.59 Å². The maximum Gasteiger partial charge on any atom is 0.254 e. The van der Waals surface area contributed by atoms with Crippen LogP contribution in [0.25, 0.3) is 0 Å². The highest BCUT2D eigenvalue weighted by Crippen LogP contribution is 2.31. The fraction of sp³-hybridized carbons (Fsp3) is 0.417. The Labute approximate surface area is 187 Å². The van der Waals surface area contributed by atoms with Crippen LogP contribution in [0, 0.1) is 5.92 Å². The SMILES string of the molecule is COc1cc(OC)cc(C(=O)N2CCC(C(=O)NCC3COc4ccccc4O3)CC2)c1. The Bertz CT molecular complexity index is 948. The lowest BCUT2D eigenvalue weighted by molar-refractivity contribution is -0.126. The van der Waals surface area contributed by atoms with Gasteiger partial charge in [0.15, 0.2) is 11.5 Å². The first-order valence-corrected chi connectivity index (χ1v) is 10.8. The van der Waals surface area contributed by atoms with Crippen molar-refractivity contribution in [3.63, 3.8) is 0 Å². The number of amides is 2. The molecule has 0 bridgehead atoms. The van der Waals surface area contributed by atoms with Crippen LogP contribution in [0.1, 0.15) is 23.2 Å². The predicted molar refractivity (Wildman–Crippen MR) is 118 cm³/mol. The van der Waals surface area contributed by atoms with E-state index >= 15 is 0 Å². The van der Waals surface area contributed by atoms with Crippen molar-refractivity contribution in [1.29, 1.82) is 0 Å². The fourth-order valence-corrected chi connectivity index (χ4v) is 3.98. The third kappa shape index (κ3) is 4.90. The number of likely N-dealkylation sites (tertiary alicyclic amines) is 1. The molecule has 2 aromatic rings. The lowest BCUT2D eigenvalue weighted by Gasteiger charge is -2.32. The van der Waals surface area contributed by atoms with Gasteiger partial charge < -0.3 is 29.2 Å². The van der Waals surface area contributed by atoms with Crippen molar-refractivity contribution in [3.8, 4) is 23.0 Å². The Morgan fingerprint density at radius 3 is 2.34 bits per heavy atom. The van der Waals surface area contributed by atoms with Gasteiger partial charge in [-0.25, -0.2) is 0 Å². The van der Waals surface area contributed by atoms with Gasteiger partial charge in [0.05, 0.1) is 20.8 Å². The molecule has 1 fully saturated rings. The molecular weight excluding hydrogens is 412 g/mol. The van der Waals surface area contributed by atoms with Gasteiger partial charge in [-0.1, -0.05) is 12.1 Å². The quantitative estimate of drug-likeness (QED) is 0.743. The van der Waals surface area contributed by atoms with Crippen molar-refractivity contribution < 1.29 is 28.5 Å². The molecule has 1 atom stereocenters. The number of piperidine rings is 1. The molecule has 2 aliphatic heterocycles. The number of carbonyl (C=O) groups excluding carboxylic acids is 2. The Balaban J connectivity index is 1.26. The normalized spacial score (nSPS) is 18.1. The Morgan fingerprint density at radius 1 is 1.03 bits per heavy atom. The monoisotopic (exact) mass is 440 g/mol. The molecule has 2 aromatic carbocycles. The second kappa shape index (κ2) is 9.80. The summed E-state index contributed by atoms with van der Waals surface area (Å²) in [6, 6.07) is 12.6. The van der Waals surface area contributed by atoms with E-state index in [-0.39, 0.29) is 23.8 Å². The smallest absolute Gasteiger partial charge is 0.254 e. The van der Waals surface area contributed by atoms with Crippen molar-refractivity contribution in [2.45, 2.75) is 18.9 Å². The molecule has 0 aromatic heterocycles. The minimum Gasteiger partial charge on any atom is -0.497 e. The molecule has 2 aliphatic rings. The molecule has 0 saturated carbocycles. The predicted octanol–water partition coefficient (Wildman–Crippen LogP) is 2.51. The second-order valence-corrected chi connectivity index (χ2v) is 7.91. The van der Waals surface area contributed by atoms with Gasteiger partial charge in [-0.2, -0.15) is 0 Å². The zero-order valence-corrected chi connectivity index (χ0v) is 18.3. The maximum absolute atomic E-state index is 12.9. The zero-order valence-electron chi connectivity index (χ0n) is 18.3. The molecular formula is C24H28N2O6. The molecule has 170 valence electrons. The number of hydrogen-bond donors (Lipinski definition) is 1. The first kappa shape index (κ1) is 21.8. The van der Waals surface area contributed by atoms with Gasteiger partial charge in [0.1, 0.15) is 24.2 Å². The first-order valence-electron chi connectivity index (χ1n) is 10.8. The van der Waals surface area contributed by atoms with Crippen LogP contribution in [0.2, 0.25) is 0 Å². The van der Waals surface area contributed by atoms with Gasteiger partial charge in [-0.15, -0.1) is 0 Å². The van der Waals surface area contributed by atoms with E-state index in [0.29, 0.717) is 61.9 Å². The lowest BCUT2D eigenvalue weighted by Crippen LogP contribution is -2.46. The summed E-state index contributed by atoms with van der Waals surface area (Å²) in [6.07, 6.45) is 1.01. The van der Waals surface area contributed by atoms with E-state index in [0.717, 1.165) is 5.75 Å². The summed E-state index contributed by atoms with van der Waals surface area (Å²) in [5.74, 6) is 2.32. The van der Waals surface area contributed by atoms with Gasteiger partial charge >= 0.3 is 0 Å². The van der Waals surface area contributed by atoms with Crippen molar-refractivity contribution in [2.75, 3.05) is 40.5 Å². The summed E-state index contributed by atoms with van der Waals surface area (Å²) in [5, 5.41) is 2.98. The first-order chi connectivity index (χ1) is 15.6. The number of methoxy groups -OCH3 is 2. The summed E-state index contributed by atoms with van der Waals surface area (Å²) < 4.78 is 22.1. The van der Waals surface area contributed by atoms with Crippen LogP contribution < -0.4 is 24.3 Å². The number of rotatable bonds is 6. The Hall–Kier alpha value is -3.42. The molecule has 0 spiro atoms. The van der Waals surface area contributed by atoms with Crippen LogP contribution in [0.15, 0.2) is 42.5 Å². The van der Waals surface area contributed by atoms with Crippen LogP contribution in [0.3, 0.4) is 0 Å². The van der Waals surface area contributed by atoms with Gasteiger partial charge in [0.2, 0.25) is 5.91 Å². The number of ether oxygens (including phenoxy) is 4. The third-order valence-electron chi connectivity index (χ3n) is 5.82. The molecule has 0 radical (unpaired) electrons. The standard InChI is InChI=1S/C24H28N2O6/c1-29-18-11-17(12-19(13-18)30-2)24(28)26-9-7-16(8-10-26)23(27)25-14-20-15-31-21-5-3-4-6-22(21)32-20/h3-6,11-13,16,20H,7-10,14-15H2,1-2H3,(H,25,27). The second-order valence-electron chi connectivity index (χ2n) is 7.91. The van der Waals surface area contributed by atoms with E-state index in [1.54, 1.807) is 37.3 Å². The summed E-state index contributed by atoms with van der Waals surface area (Å²) in [5.41, 5.74) is 0.513. The van der Waals surface area contributed by atoms with Crippen molar-refractivity contribution in [1.82, 2.24) is 10.2 Å². The minimum atomic E-state index is -0.224. The number of nitrogens with one attached hydrogen (secondary N) is 1. The van der Waals surface area contributed by atoms with E-state index in [1.165, 1.54) is 0 Å². The van der Waals surface area contributed by atoms with Crippen LogP contribution in [-0.2, 0) is 4.79 Å². The largest absolute Gasteiger partial charge is 0.497 e. The molecule has 8 heteroatoms. The molecule has 32 heavy (non-hydrogen) atoms. The zero-order chi connectivity index (χ0) is 22.5. The van der Waals surface area contributed by atoms with Crippen molar-refractivity contribution in [3.05, 3.63) is 48.0 Å². The summed E-state index contributed by atoms with van der Waals surface area (Å²) >= 11 is 0. The summed E-state index contributed by atoms with van der Waals surface area (Å²) in [6.45, 7) is 1.82. The number of nitrogens with zero attached hydrogens (tertiary/aromatic N) is 1. The lowest BCUT2D eigenvalue weighted by atomic mass is 9.95. The van der Waals surface area contributed by atoms with Gasteiger partial charge in [-0.05, 0) is 37.1 Å². The highest BCUT2D eigenvalue weighted by atomic mass is 16.6. The van der Waals surface area contributed by atoms with E-state index in [9.17, 15) is 9.59 Å². The maximum atomic E-state index is 12.9. The van der Waals surface area contributed by atoms with Crippen LogP contribution in [0.5, 0.6) is 23.0 Å². The molecule has 1 unspecified atom stereocenters. The molecule has 4 rings (SSSR count). The number of carbonyl (C=O) groups is 2. The third-order valence-corrected chi connectivity index (χ3v) is 5.82. The van der Waals surface area contributed by atoms with Crippen LogP contribution >= 0.6 is 0 Å². The van der Waals surface area contributed by atoms with Crippen LogP contribution in [0.4, 0.5) is 0 Å². The number of fused-ring (bicyclic) bond motifs is 1. The van der Waals surface area contributed by atoms with Crippen LogP contribution in [-0.4, -0.2) is 63.3 Å². The topological polar surface area (TPSA) is 86.3 Å². The minimum absolute atomic E-state index is 0.0115. The number of benzene rings is 2. The summed E-state index contributed by atoms with van der Waals surface area (Å²) in [4.78, 5) is 27.4. The van der Waals surface area contributed by atoms with E-state index in [1.807, 2.05) is 24.3 Å². The Kier molecular flexibility index (Phi) is 6.68. The molecule has 1 saturated heterocycles.